The van der Waals surface area contributed by atoms with Gasteiger partial charge in [-0.3, -0.25) is 0 Å². The van der Waals surface area contributed by atoms with E-state index >= 15 is 0 Å². The normalized spacial score (nSPS) is 11.2. The molecular weight excluding hydrogens is 577 g/mol. The third-order valence-corrected chi connectivity index (χ3v) is 8.38. The molecule has 2 heterocycles. The van der Waals surface area contributed by atoms with Crippen LogP contribution in [0.2, 0.25) is 5.02 Å². The van der Waals surface area contributed by atoms with E-state index in [0.29, 0.717) is 16.5 Å². The van der Waals surface area contributed by atoms with E-state index in [1.54, 1.807) is 28.8 Å². The molecule has 0 fully saturated rings. The Hall–Kier alpha value is -3.46. The Morgan fingerprint density at radius 2 is 1.71 bits per heavy atom. The molecule has 0 aliphatic carbocycles. The standard InChI is InChI=1S/C32H29ClFN3O2S2/c1-19-5-14-26-25(15-19)29(22-8-10-23(33)11-9-22)27(39-26)18-37(17-21-6-12-24(34)13-7-21)32(38)36-30-28(40-3)16-20(2)35-31(30)41-4/h5-16H,17-18H2,1-4H3,(H,36,38). The Morgan fingerprint density at radius 1 is 0.976 bits per heavy atom. The largest absolute Gasteiger partial charge is 0.459 e. The number of rotatable bonds is 8. The van der Waals surface area contributed by atoms with Crippen LogP contribution in [0, 0.1) is 19.7 Å². The van der Waals surface area contributed by atoms with Crippen LogP contribution >= 0.6 is 35.1 Å². The number of thioether (sulfide) groups is 2. The monoisotopic (exact) mass is 605 g/mol. The van der Waals surface area contributed by atoms with Gasteiger partial charge in [-0.2, -0.15) is 0 Å². The van der Waals surface area contributed by atoms with Crippen molar-refractivity contribution in [1.29, 1.82) is 0 Å². The van der Waals surface area contributed by atoms with Crippen LogP contribution in [-0.4, -0.2) is 28.4 Å². The molecule has 0 aliphatic heterocycles. The van der Waals surface area contributed by atoms with Crippen molar-refractivity contribution in [3.8, 4) is 11.1 Å². The first-order chi connectivity index (χ1) is 19.7. The summed E-state index contributed by atoms with van der Waals surface area (Å²) < 4.78 is 20.1. The van der Waals surface area contributed by atoms with Crippen LogP contribution in [0.1, 0.15) is 22.6 Å². The van der Waals surface area contributed by atoms with Gasteiger partial charge in [0.05, 0.1) is 12.2 Å². The number of benzene rings is 3. The Morgan fingerprint density at radius 3 is 2.39 bits per heavy atom. The maximum absolute atomic E-state index is 14.0. The van der Waals surface area contributed by atoms with Crippen molar-refractivity contribution >= 4 is 57.8 Å². The summed E-state index contributed by atoms with van der Waals surface area (Å²) in [6.07, 6.45) is 3.91. The molecule has 0 saturated carbocycles. The number of fused-ring (bicyclic) bond motifs is 1. The third-order valence-electron chi connectivity index (χ3n) is 6.68. The highest BCUT2D eigenvalue weighted by Gasteiger charge is 2.24. The smallest absolute Gasteiger partial charge is 0.322 e. The summed E-state index contributed by atoms with van der Waals surface area (Å²) in [5.41, 5.74) is 6.01. The average Bonchev–Trinajstić information content (AvgIpc) is 3.31. The molecular formula is C32H29ClFN3O2S2. The molecule has 9 heteroatoms. The van der Waals surface area contributed by atoms with Gasteiger partial charge in [-0.1, -0.05) is 47.5 Å². The number of nitrogens with zero attached hydrogens (tertiary/aromatic N) is 2. The molecule has 41 heavy (non-hydrogen) atoms. The van der Waals surface area contributed by atoms with Crippen molar-refractivity contribution in [2.75, 3.05) is 17.8 Å². The molecule has 5 nitrogen and oxygen atoms in total. The van der Waals surface area contributed by atoms with Gasteiger partial charge in [0, 0.05) is 33.1 Å². The van der Waals surface area contributed by atoms with Crippen LogP contribution < -0.4 is 5.32 Å². The lowest BCUT2D eigenvalue weighted by molar-refractivity contribution is 0.202. The number of carbonyl (C=O) groups is 1. The first kappa shape index (κ1) is 29.0. The number of nitrogens with one attached hydrogen (secondary N) is 1. The van der Waals surface area contributed by atoms with Crippen LogP contribution in [0.15, 0.2) is 87.1 Å². The summed E-state index contributed by atoms with van der Waals surface area (Å²) in [6, 6.07) is 21.5. The molecule has 0 unspecified atom stereocenters. The van der Waals surface area contributed by atoms with Gasteiger partial charge in [-0.05, 0) is 80.0 Å². The van der Waals surface area contributed by atoms with Crippen LogP contribution in [0.25, 0.3) is 22.1 Å². The lowest BCUT2D eigenvalue weighted by Gasteiger charge is -2.24. The summed E-state index contributed by atoms with van der Waals surface area (Å²) in [5.74, 6) is 0.310. The number of carbonyl (C=O) groups excluding carboxylic acids is 1. The SMILES string of the molecule is CSc1cc(C)nc(SC)c1NC(=O)N(Cc1ccc(F)cc1)Cc1oc2ccc(C)cc2c1-c1ccc(Cl)cc1. The van der Waals surface area contributed by atoms with Crippen LogP contribution in [-0.2, 0) is 13.1 Å². The van der Waals surface area contributed by atoms with Crippen molar-refractivity contribution in [3.63, 3.8) is 0 Å². The zero-order chi connectivity index (χ0) is 29.1. The molecule has 5 rings (SSSR count). The molecule has 0 spiro atoms. The highest BCUT2D eigenvalue weighted by Crippen LogP contribution is 2.38. The molecule has 2 amide bonds. The molecule has 1 N–H and O–H groups in total. The first-order valence-electron chi connectivity index (χ1n) is 12.9. The van der Waals surface area contributed by atoms with Crippen molar-refractivity contribution in [2.24, 2.45) is 0 Å². The zero-order valence-electron chi connectivity index (χ0n) is 23.1. The molecule has 210 valence electrons. The quantitative estimate of drug-likeness (QED) is 0.178. The fraction of sp³-hybridized carbons (Fsp3) is 0.188. The minimum atomic E-state index is -0.331. The number of urea groups is 1. The third kappa shape index (κ3) is 6.56. The fourth-order valence-electron chi connectivity index (χ4n) is 4.71. The number of hydrogen-bond donors (Lipinski definition) is 1. The van der Waals surface area contributed by atoms with Crippen molar-refractivity contribution in [2.45, 2.75) is 36.9 Å². The number of amides is 2. The second-order valence-electron chi connectivity index (χ2n) is 9.67. The highest BCUT2D eigenvalue weighted by molar-refractivity contribution is 7.99. The van der Waals surface area contributed by atoms with Crippen LogP contribution in [0.4, 0.5) is 14.9 Å². The summed E-state index contributed by atoms with van der Waals surface area (Å²) in [7, 11) is 0. The lowest BCUT2D eigenvalue weighted by Crippen LogP contribution is -2.34. The van der Waals surface area contributed by atoms with E-state index in [-0.39, 0.29) is 24.9 Å². The molecule has 0 atom stereocenters. The maximum atomic E-state index is 14.0. The minimum Gasteiger partial charge on any atom is -0.459 e. The fourth-order valence-corrected chi connectivity index (χ4v) is 6.15. The van der Waals surface area contributed by atoms with Crippen LogP contribution in [0.3, 0.4) is 0 Å². The Labute approximate surface area is 252 Å². The number of pyridine rings is 1. The van der Waals surface area contributed by atoms with Gasteiger partial charge in [0.1, 0.15) is 22.2 Å². The van der Waals surface area contributed by atoms with E-state index in [2.05, 4.69) is 16.4 Å². The summed E-state index contributed by atoms with van der Waals surface area (Å²) >= 11 is 9.23. The van der Waals surface area contributed by atoms with E-state index in [1.807, 2.05) is 68.8 Å². The number of hydrogen-bond acceptors (Lipinski definition) is 5. The topological polar surface area (TPSA) is 58.4 Å². The number of aryl methyl sites for hydroxylation is 2. The number of aromatic nitrogens is 1. The average molecular weight is 606 g/mol. The van der Waals surface area contributed by atoms with Gasteiger partial charge in [-0.15, -0.1) is 23.5 Å². The van der Waals surface area contributed by atoms with E-state index in [0.717, 1.165) is 48.8 Å². The van der Waals surface area contributed by atoms with Crippen molar-refractivity contribution < 1.29 is 13.6 Å². The van der Waals surface area contributed by atoms with Gasteiger partial charge in [0.15, 0.2) is 0 Å². The van der Waals surface area contributed by atoms with Crippen LogP contribution in [0.5, 0.6) is 0 Å². The van der Waals surface area contributed by atoms with Crippen molar-refractivity contribution in [1.82, 2.24) is 9.88 Å². The highest BCUT2D eigenvalue weighted by atomic mass is 35.5. The molecule has 0 radical (unpaired) electrons. The van der Waals surface area contributed by atoms with E-state index in [1.165, 1.54) is 23.9 Å². The number of halogens is 2. The second-order valence-corrected chi connectivity index (χ2v) is 11.7. The molecule has 0 bridgehead atoms. The number of anilines is 1. The maximum Gasteiger partial charge on any atom is 0.322 e. The Balaban J connectivity index is 1.58. The van der Waals surface area contributed by atoms with Crippen molar-refractivity contribution in [3.05, 3.63) is 106 Å². The summed E-state index contributed by atoms with van der Waals surface area (Å²) in [4.78, 5) is 21.2. The lowest BCUT2D eigenvalue weighted by atomic mass is 10.0. The molecule has 5 aromatic rings. The van der Waals surface area contributed by atoms with Gasteiger partial charge in [-0.25, -0.2) is 14.2 Å². The van der Waals surface area contributed by atoms with E-state index in [4.69, 9.17) is 16.0 Å². The van der Waals surface area contributed by atoms with Gasteiger partial charge >= 0.3 is 6.03 Å². The molecule has 2 aromatic heterocycles. The Bertz CT molecular complexity index is 1680. The van der Waals surface area contributed by atoms with E-state index in [9.17, 15) is 9.18 Å². The number of furan rings is 1. The van der Waals surface area contributed by atoms with Gasteiger partial charge in [0.25, 0.3) is 0 Å². The molecule has 0 aliphatic rings. The Kier molecular flexibility index (Phi) is 8.92. The van der Waals surface area contributed by atoms with Gasteiger partial charge in [0.2, 0.25) is 0 Å². The zero-order valence-corrected chi connectivity index (χ0v) is 25.5. The summed E-state index contributed by atoms with van der Waals surface area (Å²) in [6.45, 7) is 4.39. The van der Waals surface area contributed by atoms with E-state index < -0.39 is 0 Å². The predicted molar refractivity (Wildman–Crippen MR) is 169 cm³/mol. The molecule has 3 aromatic carbocycles. The first-order valence-corrected chi connectivity index (χ1v) is 15.8. The summed E-state index contributed by atoms with van der Waals surface area (Å²) in [5, 5.41) is 5.46. The minimum absolute atomic E-state index is 0.178. The predicted octanol–water partition coefficient (Wildman–Crippen LogP) is 9.58. The second kappa shape index (κ2) is 12.6. The van der Waals surface area contributed by atoms with Gasteiger partial charge < -0.3 is 14.6 Å². The molecule has 0 saturated heterocycles.